The highest BCUT2D eigenvalue weighted by molar-refractivity contribution is 14.0. The number of aryl methyl sites for hydroxylation is 1. The van der Waals surface area contributed by atoms with Crippen molar-refractivity contribution >= 4 is 47.0 Å². The van der Waals surface area contributed by atoms with E-state index in [9.17, 15) is 15.2 Å². The van der Waals surface area contributed by atoms with Crippen LogP contribution in [0.5, 0.6) is 5.75 Å². The number of guanidine groups is 1. The van der Waals surface area contributed by atoms with Crippen LogP contribution in [0.3, 0.4) is 0 Å². The largest absolute Gasteiger partial charge is 0.491 e. The fourth-order valence-electron chi connectivity index (χ4n) is 2.37. The van der Waals surface area contributed by atoms with Crippen LogP contribution in [0.15, 0.2) is 34.6 Å². The second kappa shape index (κ2) is 12.5. The Balaban J connectivity index is 0.00000420. The average molecular weight is 535 g/mol. The van der Waals surface area contributed by atoms with E-state index in [1.807, 2.05) is 31.2 Å². The van der Waals surface area contributed by atoms with Gasteiger partial charge in [-0.05, 0) is 26.0 Å². The molecule has 1 unspecified atom stereocenters. The van der Waals surface area contributed by atoms with Gasteiger partial charge in [-0.1, -0.05) is 0 Å². The van der Waals surface area contributed by atoms with Crippen molar-refractivity contribution in [3.63, 3.8) is 0 Å². The molecular weight excluding hydrogens is 509 g/mol. The molecule has 2 aromatic rings. The summed E-state index contributed by atoms with van der Waals surface area (Å²) >= 11 is 1.60. The van der Waals surface area contributed by atoms with Gasteiger partial charge in [0.1, 0.15) is 18.5 Å². The number of non-ortho nitro benzene ring substituents is 1. The lowest BCUT2D eigenvalue weighted by atomic mass is 10.3. The van der Waals surface area contributed by atoms with Gasteiger partial charge in [0.2, 0.25) is 0 Å². The molecule has 2 N–H and O–H groups in total. The predicted molar refractivity (Wildman–Crippen MR) is 124 cm³/mol. The molecule has 1 atom stereocenters. The van der Waals surface area contributed by atoms with Crippen molar-refractivity contribution in [3.05, 3.63) is 50.5 Å². The minimum atomic E-state index is -0.807. The number of aliphatic hydroxyl groups excluding tert-OH is 1. The molecule has 0 aliphatic carbocycles. The first-order chi connectivity index (χ1) is 13.4. The third kappa shape index (κ3) is 8.50. The average Bonchev–Trinajstić information content (AvgIpc) is 3.08. The van der Waals surface area contributed by atoms with Crippen LogP contribution in [0.2, 0.25) is 0 Å². The summed E-state index contributed by atoms with van der Waals surface area (Å²) in [5.41, 5.74) is 0.962. The normalized spacial score (nSPS) is 12.1. The van der Waals surface area contributed by atoms with Crippen LogP contribution < -0.4 is 10.1 Å². The number of rotatable bonds is 9. The van der Waals surface area contributed by atoms with Gasteiger partial charge >= 0.3 is 0 Å². The molecule has 0 aliphatic heterocycles. The molecule has 29 heavy (non-hydrogen) atoms. The Bertz CT molecular complexity index is 800. The number of nitro benzene ring substituents is 1. The van der Waals surface area contributed by atoms with Crippen molar-refractivity contribution in [1.29, 1.82) is 0 Å². The van der Waals surface area contributed by atoms with Crippen LogP contribution in [-0.4, -0.2) is 58.7 Å². The van der Waals surface area contributed by atoms with E-state index in [1.54, 1.807) is 11.3 Å². The fraction of sp³-hybridized carbons (Fsp3) is 0.444. The smallest absolute Gasteiger partial charge is 0.269 e. The van der Waals surface area contributed by atoms with Crippen molar-refractivity contribution in [2.45, 2.75) is 26.5 Å². The van der Waals surface area contributed by atoms with Crippen LogP contribution in [0.4, 0.5) is 5.69 Å². The predicted octanol–water partition coefficient (Wildman–Crippen LogP) is 2.81. The first-order valence-electron chi connectivity index (χ1n) is 8.84. The lowest BCUT2D eigenvalue weighted by molar-refractivity contribution is -0.384. The van der Waals surface area contributed by atoms with Crippen LogP contribution in [0, 0.1) is 17.0 Å². The van der Waals surface area contributed by atoms with Crippen LogP contribution in [0.25, 0.3) is 0 Å². The molecule has 0 bridgehead atoms. The number of aliphatic imine (C=N–C) groups is 1. The monoisotopic (exact) mass is 535 g/mol. The SMILES string of the molecule is CCNC(=NCC(O)COc1ccc([N+](=O)[O-])cc1)N(C)Cc1csc(C)n1.I. The van der Waals surface area contributed by atoms with E-state index in [0.717, 1.165) is 10.7 Å². The molecule has 1 aromatic heterocycles. The lowest BCUT2D eigenvalue weighted by Gasteiger charge is -2.21. The number of ether oxygens (including phenoxy) is 1. The summed E-state index contributed by atoms with van der Waals surface area (Å²) in [6, 6.07) is 5.72. The van der Waals surface area contributed by atoms with Crippen LogP contribution in [0.1, 0.15) is 17.6 Å². The Morgan fingerprint density at radius 1 is 1.45 bits per heavy atom. The number of halogens is 1. The number of aromatic nitrogens is 1. The van der Waals surface area contributed by atoms with E-state index < -0.39 is 11.0 Å². The molecule has 0 aliphatic rings. The highest BCUT2D eigenvalue weighted by atomic mass is 127. The number of aliphatic hydroxyl groups is 1. The Morgan fingerprint density at radius 2 is 2.14 bits per heavy atom. The molecule has 11 heteroatoms. The molecule has 1 aromatic carbocycles. The van der Waals surface area contributed by atoms with Crippen molar-refractivity contribution in [3.8, 4) is 5.75 Å². The molecule has 0 saturated carbocycles. The third-order valence-electron chi connectivity index (χ3n) is 3.70. The van der Waals surface area contributed by atoms with E-state index in [2.05, 4.69) is 15.3 Å². The van der Waals surface area contributed by atoms with E-state index in [1.165, 1.54) is 24.3 Å². The summed E-state index contributed by atoms with van der Waals surface area (Å²) in [7, 11) is 1.91. The molecule has 1 heterocycles. The molecule has 0 fully saturated rings. The number of hydrogen-bond acceptors (Lipinski definition) is 7. The van der Waals surface area contributed by atoms with Gasteiger partial charge in [-0.3, -0.25) is 15.1 Å². The highest BCUT2D eigenvalue weighted by Crippen LogP contribution is 2.17. The molecule has 0 spiro atoms. The van der Waals surface area contributed by atoms with Crippen molar-refractivity contribution in [2.75, 3.05) is 26.7 Å². The third-order valence-corrected chi connectivity index (χ3v) is 4.53. The Kier molecular flexibility index (Phi) is 10.8. The summed E-state index contributed by atoms with van der Waals surface area (Å²) in [5, 5.41) is 27.0. The van der Waals surface area contributed by atoms with Gasteiger partial charge < -0.3 is 20.1 Å². The Labute approximate surface area is 191 Å². The van der Waals surface area contributed by atoms with Gasteiger partial charge in [-0.15, -0.1) is 35.3 Å². The summed E-state index contributed by atoms with van der Waals surface area (Å²) in [5.74, 6) is 1.12. The zero-order chi connectivity index (χ0) is 20.5. The second-order valence-corrected chi connectivity index (χ2v) is 7.19. The van der Waals surface area contributed by atoms with Gasteiger partial charge in [0.25, 0.3) is 5.69 Å². The first kappa shape index (κ1) is 25.0. The topological polar surface area (TPSA) is 113 Å². The molecule has 160 valence electrons. The maximum Gasteiger partial charge on any atom is 0.269 e. The Morgan fingerprint density at radius 3 is 2.69 bits per heavy atom. The minimum Gasteiger partial charge on any atom is -0.491 e. The van der Waals surface area contributed by atoms with Crippen LogP contribution >= 0.6 is 35.3 Å². The van der Waals surface area contributed by atoms with E-state index in [4.69, 9.17) is 4.74 Å². The number of benzene rings is 1. The zero-order valence-corrected chi connectivity index (χ0v) is 19.7. The maximum atomic E-state index is 10.6. The molecule has 0 radical (unpaired) electrons. The minimum absolute atomic E-state index is 0. The second-order valence-electron chi connectivity index (χ2n) is 6.12. The van der Waals surface area contributed by atoms with Gasteiger partial charge in [-0.2, -0.15) is 0 Å². The molecule has 9 nitrogen and oxygen atoms in total. The van der Waals surface area contributed by atoms with Crippen molar-refractivity contribution < 1.29 is 14.8 Å². The lowest BCUT2D eigenvalue weighted by Crippen LogP contribution is -2.39. The molecule has 0 amide bonds. The van der Waals surface area contributed by atoms with Gasteiger partial charge in [0.05, 0.1) is 28.7 Å². The Hall–Kier alpha value is -1.99. The zero-order valence-electron chi connectivity index (χ0n) is 16.6. The molecular formula is C18H26IN5O4S. The van der Waals surface area contributed by atoms with E-state index in [0.29, 0.717) is 24.8 Å². The van der Waals surface area contributed by atoms with Gasteiger partial charge in [0.15, 0.2) is 5.96 Å². The highest BCUT2D eigenvalue weighted by Gasteiger charge is 2.11. The summed E-state index contributed by atoms with van der Waals surface area (Å²) < 4.78 is 5.47. The number of thiazole rings is 1. The molecule has 0 saturated heterocycles. The summed E-state index contributed by atoms with van der Waals surface area (Å²) in [6.07, 6.45) is -0.807. The van der Waals surface area contributed by atoms with Crippen molar-refractivity contribution in [2.24, 2.45) is 4.99 Å². The number of hydrogen-bond donors (Lipinski definition) is 2. The van der Waals surface area contributed by atoms with Crippen molar-refractivity contribution in [1.82, 2.24) is 15.2 Å². The quantitative estimate of drug-likeness (QED) is 0.167. The molecule has 2 rings (SSSR count). The number of nitrogens with zero attached hydrogens (tertiary/aromatic N) is 4. The van der Waals surface area contributed by atoms with Crippen LogP contribution in [-0.2, 0) is 6.54 Å². The summed E-state index contributed by atoms with van der Waals surface area (Å²) in [4.78, 5) is 21.0. The van der Waals surface area contributed by atoms with E-state index >= 15 is 0 Å². The maximum absolute atomic E-state index is 10.6. The fourth-order valence-corrected chi connectivity index (χ4v) is 2.97. The van der Waals surface area contributed by atoms with E-state index in [-0.39, 0.29) is 42.8 Å². The first-order valence-corrected chi connectivity index (χ1v) is 9.72. The number of nitro groups is 1. The standard InChI is InChI=1S/C18H25N5O4S.HI/c1-4-19-18(22(3)10-14-12-28-13(2)21-14)20-9-16(24)11-27-17-7-5-15(6-8-17)23(25)26;/h5-8,12,16,24H,4,9-11H2,1-3H3,(H,19,20);1H. The summed E-state index contributed by atoms with van der Waals surface area (Å²) in [6.45, 7) is 5.46. The van der Waals surface area contributed by atoms with Gasteiger partial charge in [-0.25, -0.2) is 4.98 Å². The number of nitrogens with one attached hydrogen (secondary N) is 1. The van der Waals surface area contributed by atoms with Gasteiger partial charge in [0, 0.05) is 31.1 Å².